The predicted molar refractivity (Wildman–Crippen MR) is 45.2 cm³/mol. The summed E-state index contributed by atoms with van der Waals surface area (Å²) in [4.78, 5) is 0. The van der Waals surface area contributed by atoms with Crippen molar-refractivity contribution in [1.82, 2.24) is 0 Å². The van der Waals surface area contributed by atoms with Crippen LogP contribution in [0.2, 0.25) is 0 Å². The van der Waals surface area contributed by atoms with Crippen molar-refractivity contribution in [2.24, 2.45) is 0 Å². The zero-order chi connectivity index (χ0) is 7.98. The molecule has 0 rings (SSSR count). The molecular formula is C7H16O2S. The second-order valence-corrected chi connectivity index (χ2v) is 2.76. The molecule has 2 atom stereocenters. The number of hydrogen-bond donors (Lipinski definition) is 1. The third-order valence-corrected chi connectivity index (χ3v) is 1.16. The third kappa shape index (κ3) is 5.09. The van der Waals surface area contributed by atoms with Gasteiger partial charge in [-0.3, -0.25) is 0 Å². The van der Waals surface area contributed by atoms with Gasteiger partial charge in [0.05, 0.1) is 0 Å². The van der Waals surface area contributed by atoms with Crippen LogP contribution in [0.3, 0.4) is 0 Å². The maximum atomic E-state index is 5.28. The lowest BCUT2D eigenvalue weighted by atomic mass is 10.5. The van der Waals surface area contributed by atoms with E-state index in [1.54, 1.807) is 0 Å². The molecule has 2 nitrogen and oxygen atoms in total. The van der Waals surface area contributed by atoms with Crippen LogP contribution < -0.4 is 0 Å². The van der Waals surface area contributed by atoms with Crippen LogP contribution in [-0.4, -0.2) is 18.3 Å². The monoisotopic (exact) mass is 164 g/mol. The lowest BCUT2D eigenvalue weighted by Gasteiger charge is -2.17. The van der Waals surface area contributed by atoms with Crippen molar-refractivity contribution in [3.8, 4) is 0 Å². The minimum Gasteiger partial charge on any atom is -0.353 e. The van der Waals surface area contributed by atoms with Gasteiger partial charge in [-0.2, -0.15) is 0 Å². The average molecular weight is 164 g/mol. The molecule has 0 N–H and O–H groups in total. The zero-order valence-corrected chi connectivity index (χ0v) is 7.73. The van der Waals surface area contributed by atoms with E-state index >= 15 is 0 Å². The van der Waals surface area contributed by atoms with Crippen LogP contribution in [0, 0.1) is 0 Å². The number of ether oxygens (including phenoxy) is 2. The van der Waals surface area contributed by atoms with E-state index in [2.05, 4.69) is 12.6 Å². The summed E-state index contributed by atoms with van der Waals surface area (Å²) < 4.78 is 10.5. The molecule has 0 aromatic rings. The lowest BCUT2D eigenvalue weighted by Crippen LogP contribution is -2.19. The Hall–Kier alpha value is 0.270. The summed E-state index contributed by atoms with van der Waals surface area (Å²) in [5, 5.41) is 0. The Morgan fingerprint density at radius 3 is 2.30 bits per heavy atom. The topological polar surface area (TPSA) is 18.5 Å². The van der Waals surface area contributed by atoms with E-state index in [-0.39, 0.29) is 11.7 Å². The third-order valence-electron chi connectivity index (χ3n) is 1.03. The summed E-state index contributed by atoms with van der Waals surface area (Å²) in [6.45, 7) is 6.55. The molecule has 0 radical (unpaired) electrons. The summed E-state index contributed by atoms with van der Waals surface area (Å²) >= 11 is 4.08. The van der Waals surface area contributed by atoms with Gasteiger partial charge in [-0.1, -0.05) is 6.92 Å². The maximum absolute atomic E-state index is 5.28. The van der Waals surface area contributed by atoms with E-state index in [4.69, 9.17) is 9.47 Å². The molecule has 10 heavy (non-hydrogen) atoms. The summed E-state index contributed by atoms with van der Waals surface area (Å²) in [6, 6.07) is 0. The highest BCUT2D eigenvalue weighted by Gasteiger charge is 2.06. The van der Waals surface area contributed by atoms with Crippen LogP contribution in [0.25, 0.3) is 0 Å². The van der Waals surface area contributed by atoms with E-state index in [9.17, 15) is 0 Å². The fraction of sp³-hybridized carbons (Fsp3) is 1.00. The SMILES string of the molecule is CCOC(CC)OC(C)S. The van der Waals surface area contributed by atoms with Crippen molar-refractivity contribution in [2.75, 3.05) is 6.61 Å². The van der Waals surface area contributed by atoms with Crippen molar-refractivity contribution in [2.45, 2.75) is 38.9 Å². The molecule has 0 aromatic heterocycles. The molecule has 0 aliphatic heterocycles. The van der Waals surface area contributed by atoms with E-state index in [0.29, 0.717) is 6.61 Å². The quantitative estimate of drug-likeness (QED) is 0.495. The summed E-state index contributed by atoms with van der Waals surface area (Å²) in [6.07, 6.45) is 0.788. The molecule has 0 bridgehead atoms. The lowest BCUT2D eigenvalue weighted by molar-refractivity contribution is -0.144. The fourth-order valence-corrected chi connectivity index (χ4v) is 0.795. The van der Waals surface area contributed by atoms with Crippen LogP contribution >= 0.6 is 12.6 Å². The molecule has 2 unspecified atom stereocenters. The molecule has 62 valence electrons. The van der Waals surface area contributed by atoms with Gasteiger partial charge in [-0.15, -0.1) is 12.6 Å². The largest absolute Gasteiger partial charge is 0.353 e. The average Bonchev–Trinajstić information content (AvgIpc) is 1.86. The smallest absolute Gasteiger partial charge is 0.158 e. The molecule has 0 spiro atoms. The Labute approximate surface area is 68.3 Å². The Balaban J connectivity index is 3.39. The van der Waals surface area contributed by atoms with Gasteiger partial charge in [-0.25, -0.2) is 0 Å². The van der Waals surface area contributed by atoms with Crippen molar-refractivity contribution in [1.29, 1.82) is 0 Å². The highest BCUT2D eigenvalue weighted by Crippen LogP contribution is 2.06. The first-order valence-corrected chi connectivity index (χ1v) is 4.17. The highest BCUT2D eigenvalue weighted by atomic mass is 32.1. The Morgan fingerprint density at radius 1 is 1.40 bits per heavy atom. The van der Waals surface area contributed by atoms with E-state index < -0.39 is 0 Å². The first-order valence-electron chi connectivity index (χ1n) is 3.65. The van der Waals surface area contributed by atoms with Crippen LogP contribution in [-0.2, 0) is 9.47 Å². The zero-order valence-electron chi connectivity index (χ0n) is 6.83. The van der Waals surface area contributed by atoms with E-state index in [1.807, 2.05) is 20.8 Å². The predicted octanol–water partition coefficient (Wildman–Crippen LogP) is 2.05. The van der Waals surface area contributed by atoms with Crippen molar-refractivity contribution in [3.05, 3.63) is 0 Å². The van der Waals surface area contributed by atoms with Gasteiger partial charge in [-0.05, 0) is 20.3 Å². The summed E-state index contributed by atoms with van der Waals surface area (Å²) in [5.74, 6) is 0. The summed E-state index contributed by atoms with van der Waals surface area (Å²) in [5.41, 5.74) is -0.0449. The first-order chi connectivity index (χ1) is 4.70. The molecular weight excluding hydrogens is 148 g/mol. The fourth-order valence-electron chi connectivity index (χ4n) is 0.659. The van der Waals surface area contributed by atoms with Crippen LogP contribution in [0.4, 0.5) is 0 Å². The first kappa shape index (κ1) is 10.3. The van der Waals surface area contributed by atoms with Crippen LogP contribution in [0.15, 0.2) is 0 Å². The van der Waals surface area contributed by atoms with Gasteiger partial charge in [0.25, 0.3) is 0 Å². The van der Waals surface area contributed by atoms with Gasteiger partial charge in [0.2, 0.25) is 0 Å². The molecule has 0 saturated heterocycles. The van der Waals surface area contributed by atoms with Crippen molar-refractivity contribution < 1.29 is 9.47 Å². The van der Waals surface area contributed by atoms with Gasteiger partial charge >= 0.3 is 0 Å². The van der Waals surface area contributed by atoms with Gasteiger partial charge in [0.15, 0.2) is 6.29 Å². The second-order valence-electron chi connectivity index (χ2n) is 2.03. The molecule has 0 aliphatic carbocycles. The Bertz CT molecular complexity index is 76.0. The molecule has 3 heteroatoms. The van der Waals surface area contributed by atoms with Crippen LogP contribution in [0.5, 0.6) is 0 Å². The highest BCUT2D eigenvalue weighted by molar-refractivity contribution is 7.80. The second kappa shape index (κ2) is 6.01. The Kier molecular flexibility index (Phi) is 6.17. The standard InChI is InChI=1S/C7H16O2S/c1-4-7(8-5-2)9-6(3)10/h6-7,10H,4-5H2,1-3H3. The molecule has 0 amide bonds. The number of rotatable bonds is 5. The molecule has 0 saturated carbocycles. The van der Waals surface area contributed by atoms with Crippen molar-refractivity contribution in [3.63, 3.8) is 0 Å². The van der Waals surface area contributed by atoms with Gasteiger partial charge in [0, 0.05) is 6.61 Å². The number of thiol groups is 1. The molecule has 0 aromatic carbocycles. The molecule has 0 heterocycles. The van der Waals surface area contributed by atoms with Crippen LogP contribution in [0.1, 0.15) is 27.2 Å². The maximum Gasteiger partial charge on any atom is 0.158 e. The Morgan fingerprint density at radius 2 is 2.00 bits per heavy atom. The number of hydrogen-bond acceptors (Lipinski definition) is 3. The molecule has 0 fully saturated rings. The summed E-state index contributed by atoms with van der Waals surface area (Å²) in [7, 11) is 0. The normalized spacial score (nSPS) is 16.8. The minimum absolute atomic E-state index is 0.0449. The van der Waals surface area contributed by atoms with Gasteiger partial charge < -0.3 is 9.47 Å². The van der Waals surface area contributed by atoms with E-state index in [1.165, 1.54) is 0 Å². The molecule has 0 aliphatic rings. The van der Waals surface area contributed by atoms with E-state index in [0.717, 1.165) is 6.42 Å². The van der Waals surface area contributed by atoms with Crippen molar-refractivity contribution >= 4 is 12.6 Å². The minimum atomic E-state index is -0.0856. The van der Waals surface area contributed by atoms with Gasteiger partial charge in [0.1, 0.15) is 5.44 Å².